The fourth-order valence-electron chi connectivity index (χ4n) is 9.11. The van der Waals surface area contributed by atoms with Crippen LogP contribution in [-0.2, 0) is 5.41 Å². The number of para-hydroxylation sites is 1. The number of anilines is 3. The molecule has 258 valence electrons. The molecule has 0 amide bonds. The Labute approximate surface area is 321 Å². The van der Waals surface area contributed by atoms with Crippen LogP contribution in [0.5, 0.6) is 11.5 Å². The van der Waals surface area contributed by atoms with Crippen LogP contribution in [-0.4, -0.2) is 0 Å². The van der Waals surface area contributed by atoms with Crippen molar-refractivity contribution in [2.24, 2.45) is 0 Å². The maximum Gasteiger partial charge on any atom is 0.140 e. The van der Waals surface area contributed by atoms with Gasteiger partial charge in [0.15, 0.2) is 0 Å². The van der Waals surface area contributed by atoms with Gasteiger partial charge in [0.25, 0.3) is 0 Å². The van der Waals surface area contributed by atoms with E-state index in [0.717, 1.165) is 45.1 Å². The van der Waals surface area contributed by atoms with Gasteiger partial charge in [-0.2, -0.15) is 0 Å². The van der Waals surface area contributed by atoms with E-state index in [2.05, 4.69) is 217 Å². The zero-order valence-corrected chi connectivity index (χ0v) is 30.1. The minimum atomic E-state index is -0.598. The van der Waals surface area contributed by atoms with Crippen LogP contribution in [0, 0.1) is 0 Å². The summed E-state index contributed by atoms with van der Waals surface area (Å²) < 4.78 is 6.92. The van der Waals surface area contributed by atoms with Gasteiger partial charge < -0.3 is 9.64 Å². The molecule has 11 rings (SSSR count). The van der Waals surface area contributed by atoms with E-state index >= 15 is 0 Å². The number of hydrogen-bond donors (Lipinski definition) is 0. The molecule has 1 aliphatic heterocycles. The highest BCUT2D eigenvalue weighted by Crippen LogP contribution is 2.63. The van der Waals surface area contributed by atoms with E-state index in [9.17, 15) is 0 Å². The number of fused-ring (bicyclic) bond motifs is 11. The standard InChI is InChI=1S/C53H35NO/c1-3-15-36(16-4-1)39-20-13-22-41(33-39)54(42-23-14-21-40(34-42)37-17-5-2-6-18-37)43-30-31-46-45-25-9-10-26-47(45)53(50(46)35-43)48-27-11-12-28-51(48)55-52-44-24-8-7-19-38(44)29-32-49(52)53/h1-35H. The number of benzene rings is 9. The molecule has 1 spiro atoms. The van der Waals surface area contributed by atoms with Gasteiger partial charge in [0.1, 0.15) is 11.5 Å². The van der Waals surface area contributed by atoms with Crippen LogP contribution in [0.3, 0.4) is 0 Å². The molecule has 0 bridgehead atoms. The van der Waals surface area contributed by atoms with Gasteiger partial charge in [-0.1, -0.05) is 170 Å². The molecule has 1 aliphatic carbocycles. The Balaban J connectivity index is 1.19. The van der Waals surface area contributed by atoms with E-state index in [1.807, 2.05) is 0 Å². The lowest BCUT2D eigenvalue weighted by atomic mass is 9.65. The SMILES string of the molecule is c1ccc(-c2cccc(N(c3cccc(-c4ccccc4)c3)c3ccc4c(c3)C3(c5ccccc5Oc5c3ccc3ccccc53)c3ccccc3-4)c2)cc1. The number of nitrogens with zero attached hydrogens (tertiary/aromatic N) is 1. The van der Waals surface area contributed by atoms with Crippen LogP contribution < -0.4 is 9.64 Å². The summed E-state index contributed by atoms with van der Waals surface area (Å²) in [5.74, 6) is 1.82. The molecule has 1 atom stereocenters. The van der Waals surface area contributed by atoms with E-state index in [-0.39, 0.29) is 0 Å². The molecule has 2 aliphatic rings. The van der Waals surface area contributed by atoms with Crippen LogP contribution in [0.2, 0.25) is 0 Å². The summed E-state index contributed by atoms with van der Waals surface area (Å²) in [5, 5.41) is 2.28. The summed E-state index contributed by atoms with van der Waals surface area (Å²) in [5.41, 5.74) is 14.7. The molecule has 0 saturated carbocycles. The van der Waals surface area contributed by atoms with Gasteiger partial charge in [-0.25, -0.2) is 0 Å². The van der Waals surface area contributed by atoms with Gasteiger partial charge in [0, 0.05) is 33.6 Å². The highest BCUT2D eigenvalue weighted by atomic mass is 16.5. The molecule has 1 unspecified atom stereocenters. The molecule has 0 saturated heterocycles. The van der Waals surface area contributed by atoms with E-state index in [1.54, 1.807) is 0 Å². The monoisotopic (exact) mass is 701 g/mol. The summed E-state index contributed by atoms with van der Waals surface area (Å²) in [6, 6.07) is 76.9. The third-order valence-electron chi connectivity index (χ3n) is 11.5. The Morgan fingerprint density at radius 1 is 0.345 bits per heavy atom. The average Bonchev–Trinajstić information content (AvgIpc) is 3.54. The molecule has 0 fully saturated rings. The highest BCUT2D eigenvalue weighted by molar-refractivity contribution is 5.97. The van der Waals surface area contributed by atoms with Crippen LogP contribution in [0.1, 0.15) is 22.3 Å². The van der Waals surface area contributed by atoms with E-state index in [4.69, 9.17) is 4.74 Å². The van der Waals surface area contributed by atoms with Crippen molar-refractivity contribution in [1.82, 2.24) is 0 Å². The second kappa shape index (κ2) is 12.5. The summed E-state index contributed by atoms with van der Waals surface area (Å²) in [6.45, 7) is 0. The van der Waals surface area contributed by atoms with Crippen molar-refractivity contribution in [2.45, 2.75) is 5.41 Å². The van der Waals surface area contributed by atoms with E-state index < -0.39 is 5.41 Å². The van der Waals surface area contributed by atoms with Gasteiger partial charge in [-0.15, -0.1) is 0 Å². The van der Waals surface area contributed by atoms with Crippen molar-refractivity contribution in [2.75, 3.05) is 4.90 Å². The quantitative estimate of drug-likeness (QED) is 0.177. The fraction of sp³-hybridized carbons (Fsp3) is 0.0189. The first kappa shape index (κ1) is 31.4. The molecule has 0 N–H and O–H groups in total. The predicted octanol–water partition coefficient (Wildman–Crippen LogP) is 14.1. The molecule has 55 heavy (non-hydrogen) atoms. The van der Waals surface area contributed by atoms with Crippen LogP contribution in [0.15, 0.2) is 212 Å². The molecule has 0 radical (unpaired) electrons. The lowest BCUT2D eigenvalue weighted by Gasteiger charge is -2.40. The smallest absolute Gasteiger partial charge is 0.140 e. The number of ether oxygens (including phenoxy) is 1. The van der Waals surface area contributed by atoms with E-state index in [1.165, 1.54) is 49.9 Å². The minimum Gasteiger partial charge on any atom is -0.456 e. The molecular weight excluding hydrogens is 667 g/mol. The maximum absolute atomic E-state index is 6.92. The zero-order chi connectivity index (χ0) is 36.3. The Hall–Kier alpha value is -7.16. The molecular formula is C53H35NO. The summed E-state index contributed by atoms with van der Waals surface area (Å²) >= 11 is 0. The van der Waals surface area contributed by atoms with E-state index in [0.29, 0.717) is 0 Å². The van der Waals surface area contributed by atoms with Crippen LogP contribution in [0.25, 0.3) is 44.2 Å². The summed E-state index contributed by atoms with van der Waals surface area (Å²) in [7, 11) is 0. The van der Waals surface area contributed by atoms with Crippen molar-refractivity contribution in [1.29, 1.82) is 0 Å². The average molecular weight is 702 g/mol. The van der Waals surface area contributed by atoms with Gasteiger partial charge in [0.05, 0.1) is 5.41 Å². The molecule has 9 aromatic carbocycles. The lowest BCUT2D eigenvalue weighted by Crippen LogP contribution is -2.32. The Bertz CT molecular complexity index is 2830. The minimum absolute atomic E-state index is 0.598. The molecule has 2 heteroatoms. The molecule has 0 aromatic heterocycles. The molecule has 2 nitrogen and oxygen atoms in total. The van der Waals surface area contributed by atoms with Gasteiger partial charge in [-0.3, -0.25) is 0 Å². The van der Waals surface area contributed by atoms with Crippen molar-refractivity contribution < 1.29 is 4.74 Å². The maximum atomic E-state index is 6.92. The topological polar surface area (TPSA) is 12.5 Å². The zero-order valence-electron chi connectivity index (χ0n) is 30.1. The second-order valence-corrected chi connectivity index (χ2v) is 14.5. The highest BCUT2D eigenvalue weighted by Gasteiger charge is 2.51. The largest absolute Gasteiger partial charge is 0.456 e. The van der Waals surface area contributed by atoms with Crippen molar-refractivity contribution in [3.8, 4) is 44.9 Å². The first-order valence-corrected chi connectivity index (χ1v) is 18.9. The molecule has 1 heterocycles. The van der Waals surface area contributed by atoms with Crippen molar-refractivity contribution >= 4 is 27.8 Å². The van der Waals surface area contributed by atoms with Crippen molar-refractivity contribution in [3.63, 3.8) is 0 Å². The first-order chi connectivity index (χ1) is 27.3. The van der Waals surface area contributed by atoms with Gasteiger partial charge in [0.2, 0.25) is 0 Å². The molecule has 9 aromatic rings. The third-order valence-corrected chi connectivity index (χ3v) is 11.5. The van der Waals surface area contributed by atoms with Gasteiger partial charge in [-0.05, 0) is 92.4 Å². The Morgan fingerprint density at radius 2 is 0.909 bits per heavy atom. The Morgan fingerprint density at radius 3 is 1.64 bits per heavy atom. The fourth-order valence-corrected chi connectivity index (χ4v) is 9.11. The summed E-state index contributed by atoms with van der Waals surface area (Å²) in [6.07, 6.45) is 0. The third kappa shape index (κ3) is 4.82. The first-order valence-electron chi connectivity index (χ1n) is 18.9. The Kier molecular flexibility index (Phi) is 7.11. The normalized spacial score (nSPS) is 14.8. The van der Waals surface area contributed by atoms with Gasteiger partial charge >= 0.3 is 0 Å². The number of hydrogen-bond acceptors (Lipinski definition) is 2. The van der Waals surface area contributed by atoms with Crippen LogP contribution >= 0.6 is 0 Å². The lowest BCUT2D eigenvalue weighted by molar-refractivity contribution is 0.441. The van der Waals surface area contributed by atoms with Crippen LogP contribution in [0.4, 0.5) is 17.1 Å². The predicted molar refractivity (Wildman–Crippen MR) is 227 cm³/mol. The second-order valence-electron chi connectivity index (χ2n) is 14.5. The number of rotatable bonds is 5. The summed E-state index contributed by atoms with van der Waals surface area (Å²) in [4.78, 5) is 2.42. The van der Waals surface area contributed by atoms with Crippen molar-refractivity contribution in [3.05, 3.63) is 235 Å².